The summed E-state index contributed by atoms with van der Waals surface area (Å²) in [6.45, 7) is 0. The summed E-state index contributed by atoms with van der Waals surface area (Å²) in [6.07, 6.45) is -2.57. The van der Waals surface area contributed by atoms with E-state index < -0.39 is 11.7 Å². The molecule has 182 valence electrons. The fourth-order valence-corrected chi connectivity index (χ4v) is 5.19. The van der Waals surface area contributed by atoms with Crippen LogP contribution in [0, 0.1) is 5.92 Å². The van der Waals surface area contributed by atoms with E-state index in [0.29, 0.717) is 15.9 Å². The lowest BCUT2D eigenvalue weighted by Gasteiger charge is -2.08. The number of alkyl halides is 3. The lowest BCUT2D eigenvalue weighted by Crippen LogP contribution is -2.12. The van der Waals surface area contributed by atoms with Crippen molar-refractivity contribution in [2.24, 2.45) is 5.92 Å². The fraction of sp³-hybridized carbons (Fsp3) is 0.174. The van der Waals surface area contributed by atoms with Gasteiger partial charge in [-0.2, -0.15) is 17.7 Å². The first-order chi connectivity index (χ1) is 17.3. The molecule has 3 heterocycles. The number of carbonyl (C=O) groups excluding carboxylic acids is 1. The molecule has 1 fully saturated rings. The summed E-state index contributed by atoms with van der Waals surface area (Å²) in [4.78, 5) is 17.4. The highest BCUT2D eigenvalue weighted by Gasteiger charge is 2.31. The zero-order chi connectivity index (χ0) is 24.9. The minimum Gasteiger partial charge on any atom is -0.438 e. The standard InChI is InChI=1S/C23H15F3N6O2S2/c24-23(25,26)13-3-5-14(6-4-13)34-19-10-9-18-29-30-22(32(18)31-19)35-15-7-8-16-17(11-15)36-21(27-16)28-20(33)12-1-2-12/h3-12H,1-2H2,(H,27,28,33). The number of anilines is 1. The van der Waals surface area contributed by atoms with Crippen LogP contribution in [0.4, 0.5) is 18.3 Å². The maximum Gasteiger partial charge on any atom is 0.416 e. The van der Waals surface area contributed by atoms with Crippen LogP contribution in [-0.2, 0) is 11.0 Å². The Labute approximate surface area is 209 Å². The maximum absolute atomic E-state index is 12.8. The van der Waals surface area contributed by atoms with Gasteiger partial charge in [0, 0.05) is 16.9 Å². The van der Waals surface area contributed by atoms with Crippen LogP contribution >= 0.6 is 23.1 Å². The van der Waals surface area contributed by atoms with E-state index in [2.05, 4.69) is 25.6 Å². The number of nitrogens with one attached hydrogen (secondary N) is 1. The van der Waals surface area contributed by atoms with Crippen LogP contribution in [0.2, 0.25) is 0 Å². The second-order valence-corrected chi connectivity index (χ2v) is 10.1. The van der Waals surface area contributed by atoms with E-state index in [1.807, 2.05) is 18.2 Å². The number of aromatic nitrogens is 5. The van der Waals surface area contributed by atoms with Gasteiger partial charge in [-0.15, -0.1) is 15.3 Å². The normalized spacial score (nSPS) is 13.9. The number of amides is 1. The van der Waals surface area contributed by atoms with Crippen molar-refractivity contribution >= 4 is 50.0 Å². The Hall–Kier alpha value is -3.71. The molecule has 6 rings (SSSR count). The van der Waals surface area contributed by atoms with Crippen molar-refractivity contribution in [1.29, 1.82) is 0 Å². The first-order valence-corrected chi connectivity index (χ1v) is 12.4. The molecule has 2 aromatic carbocycles. The molecule has 5 aromatic rings. The van der Waals surface area contributed by atoms with Crippen molar-refractivity contribution in [3.8, 4) is 11.6 Å². The largest absolute Gasteiger partial charge is 0.438 e. The molecular weight excluding hydrogens is 513 g/mol. The second kappa shape index (κ2) is 8.75. The Kier molecular flexibility index (Phi) is 5.52. The molecule has 8 nitrogen and oxygen atoms in total. The van der Waals surface area contributed by atoms with Crippen molar-refractivity contribution in [3.05, 3.63) is 60.2 Å². The van der Waals surface area contributed by atoms with E-state index in [-0.39, 0.29) is 23.5 Å². The summed E-state index contributed by atoms with van der Waals surface area (Å²) in [5.41, 5.74) is 0.513. The molecule has 3 aromatic heterocycles. The highest BCUT2D eigenvalue weighted by Crippen LogP contribution is 2.35. The first kappa shape index (κ1) is 22.7. The number of hydrogen-bond acceptors (Lipinski definition) is 8. The van der Waals surface area contributed by atoms with Gasteiger partial charge < -0.3 is 10.1 Å². The second-order valence-electron chi connectivity index (χ2n) is 8.06. The van der Waals surface area contributed by atoms with Crippen LogP contribution in [0.25, 0.3) is 15.9 Å². The van der Waals surface area contributed by atoms with Gasteiger partial charge in [0.2, 0.25) is 16.9 Å². The summed E-state index contributed by atoms with van der Waals surface area (Å²) in [5.74, 6) is 0.513. The molecule has 36 heavy (non-hydrogen) atoms. The van der Waals surface area contributed by atoms with Gasteiger partial charge in [-0.25, -0.2) is 4.98 Å². The average molecular weight is 529 g/mol. The number of rotatable bonds is 6. The monoisotopic (exact) mass is 528 g/mol. The smallest absolute Gasteiger partial charge is 0.416 e. The van der Waals surface area contributed by atoms with E-state index in [1.165, 1.54) is 39.7 Å². The van der Waals surface area contributed by atoms with Crippen molar-refractivity contribution in [2.45, 2.75) is 29.1 Å². The van der Waals surface area contributed by atoms with Gasteiger partial charge in [-0.3, -0.25) is 4.79 Å². The van der Waals surface area contributed by atoms with Crippen LogP contribution in [0.3, 0.4) is 0 Å². The molecule has 1 aliphatic rings. The van der Waals surface area contributed by atoms with E-state index >= 15 is 0 Å². The van der Waals surface area contributed by atoms with Crippen molar-refractivity contribution in [1.82, 2.24) is 24.8 Å². The van der Waals surface area contributed by atoms with Gasteiger partial charge >= 0.3 is 6.18 Å². The Morgan fingerprint density at radius 3 is 2.64 bits per heavy atom. The van der Waals surface area contributed by atoms with E-state index in [9.17, 15) is 18.0 Å². The number of benzene rings is 2. The van der Waals surface area contributed by atoms with Crippen LogP contribution in [0.5, 0.6) is 11.6 Å². The van der Waals surface area contributed by atoms with Gasteiger partial charge in [0.05, 0.1) is 15.8 Å². The van der Waals surface area contributed by atoms with Gasteiger partial charge in [0.1, 0.15) is 5.75 Å². The number of carbonyl (C=O) groups is 1. The summed E-state index contributed by atoms with van der Waals surface area (Å²) < 4.78 is 46.4. The molecule has 1 N–H and O–H groups in total. The number of fused-ring (bicyclic) bond motifs is 2. The van der Waals surface area contributed by atoms with Crippen LogP contribution in [-0.4, -0.2) is 30.7 Å². The predicted octanol–water partition coefficient (Wildman–Crippen LogP) is 6.04. The van der Waals surface area contributed by atoms with Crippen molar-refractivity contribution in [3.63, 3.8) is 0 Å². The molecule has 1 saturated carbocycles. The molecule has 0 saturated heterocycles. The van der Waals surface area contributed by atoms with Gasteiger partial charge in [-0.1, -0.05) is 11.3 Å². The number of hydrogen-bond donors (Lipinski definition) is 1. The van der Waals surface area contributed by atoms with Gasteiger partial charge in [0.15, 0.2) is 10.8 Å². The number of halogens is 3. The fourth-order valence-electron chi connectivity index (χ4n) is 3.38. The zero-order valence-electron chi connectivity index (χ0n) is 18.2. The minimum atomic E-state index is -4.42. The Morgan fingerprint density at radius 2 is 1.89 bits per heavy atom. The number of nitrogens with zero attached hydrogens (tertiary/aromatic N) is 5. The lowest BCUT2D eigenvalue weighted by atomic mass is 10.2. The van der Waals surface area contributed by atoms with Crippen molar-refractivity contribution < 1.29 is 22.7 Å². The Balaban J connectivity index is 1.21. The predicted molar refractivity (Wildman–Crippen MR) is 127 cm³/mol. The van der Waals surface area contributed by atoms with Crippen LogP contribution in [0.15, 0.2) is 64.6 Å². The quantitative estimate of drug-likeness (QED) is 0.287. The van der Waals surface area contributed by atoms with E-state index in [4.69, 9.17) is 4.74 Å². The molecular formula is C23H15F3N6O2S2. The topological polar surface area (TPSA) is 94.3 Å². The molecule has 0 spiro atoms. The highest BCUT2D eigenvalue weighted by atomic mass is 32.2. The van der Waals surface area contributed by atoms with E-state index in [0.717, 1.165) is 40.1 Å². The average Bonchev–Trinajstić information content (AvgIpc) is 3.52. The number of ether oxygens (including phenoxy) is 1. The molecule has 1 aliphatic carbocycles. The van der Waals surface area contributed by atoms with E-state index in [1.54, 1.807) is 12.1 Å². The van der Waals surface area contributed by atoms with Crippen LogP contribution in [0.1, 0.15) is 18.4 Å². The highest BCUT2D eigenvalue weighted by molar-refractivity contribution is 7.99. The van der Waals surface area contributed by atoms with Gasteiger partial charge in [0.25, 0.3) is 0 Å². The SMILES string of the molecule is O=C(Nc1nc2ccc(Sc3nnc4ccc(Oc5ccc(C(F)(F)F)cc5)nn34)cc2s1)C1CC1. The number of thiazole rings is 1. The van der Waals surface area contributed by atoms with Crippen molar-refractivity contribution in [2.75, 3.05) is 5.32 Å². The summed E-state index contributed by atoms with van der Waals surface area (Å²) in [5, 5.41) is 16.6. The molecule has 13 heteroatoms. The molecule has 0 aliphatic heterocycles. The minimum absolute atomic E-state index is 0.0129. The Morgan fingerprint density at radius 1 is 1.08 bits per heavy atom. The summed E-state index contributed by atoms with van der Waals surface area (Å²) in [6, 6.07) is 13.3. The summed E-state index contributed by atoms with van der Waals surface area (Å²) >= 11 is 2.74. The van der Waals surface area contributed by atoms with Gasteiger partial charge in [-0.05, 0) is 73.1 Å². The maximum atomic E-state index is 12.8. The summed E-state index contributed by atoms with van der Waals surface area (Å²) in [7, 11) is 0. The molecule has 0 atom stereocenters. The third-order valence-corrected chi connectivity index (χ3v) is 7.22. The Bertz CT molecular complexity index is 1600. The molecule has 0 unspecified atom stereocenters. The first-order valence-electron chi connectivity index (χ1n) is 10.8. The molecule has 0 bridgehead atoms. The van der Waals surface area contributed by atoms with Crippen LogP contribution < -0.4 is 10.1 Å². The lowest BCUT2D eigenvalue weighted by molar-refractivity contribution is -0.137. The third kappa shape index (κ3) is 4.71. The zero-order valence-corrected chi connectivity index (χ0v) is 19.8. The molecule has 1 amide bonds. The molecule has 0 radical (unpaired) electrons. The third-order valence-electron chi connectivity index (χ3n) is 5.36.